The molecule has 142 valence electrons. The van der Waals surface area contributed by atoms with Crippen LogP contribution in [0.1, 0.15) is 24.3 Å². The first kappa shape index (κ1) is 17.3. The van der Waals surface area contributed by atoms with E-state index in [9.17, 15) is 4.79 Å². The summed E-state index contributed by atoms with van der Waals surface area (Å²) < 4.78 is 0. The largest absolute Gasteiger partial charge is 0.394 e. The molecule has 5 rings (SSSR count). The summed E-state index contributed by atoms with van der Waals surface area (Å²) in [5.41, 5.74) is 10.6. The van der Waals surface area contributed by atoms with Crippen LogP contribution in [0, 0.1) is 0 Å². The number of benzene rings is 2. The third-order valence-electron chi connectivity index (χ3n) is 5.72. The van der Waals surface area contributed by atoms with Gasteiger partial charge >= 0.3 is 0 Å². The number of pyridine rings is 1. The van der Waals surface area contributed by atoms with Gasteiger partial charge in [-0.1, -0.05) is 23.7 Å². The van der Waals surface area contributed by atoms with E-state index in [1.807, 2.05) is 12.1 Å². The van der Waals surface area contributed by atoms with E-state index in [0.29, 0.717) is 10.9 Å². The second-order valence-corrected chi connectivity index (χ2v) is 7.73. The SMILES string of the molecule is Nc1c(-c2ccc(Cl)c3[nH]ncc23)c2cc(C3CCNCC3)ccc2[nH]c1=O. The van der Waals surface area contributed by atoms with Gasteiger partial charge in [0.1, 0.15) is 5.69 Å². The number of anilines is 1. The molecular formula is C21H20ClN5O. The average Bonchev–Trinajstić information content (AvgIpc) is 3.21. The molecule has 0 saturated carbocycles. The highest BCUT2D eigenvalue weighted by atomic mass is 35.5. The van der Waals surface area contributed by atoms with Gasteiger partial charge in [0.2, 0.25) is 0 Å². The Labute approximate surface area is 166 Å². The monoisotopic (exact) mass is 393 g/mol. The van der Waals surface area contributed by atoms with Crippen molar-refractivity contribution in [2.75, 3.05) is 18.8 Å². The number of nitrogens with zero attached hydrogens (tertiary/aromatic N) is 1. The maximum Gasteiger partial charge on any atom is 0.272 e. The number of rotatable bonds is 2. The lowest BCUT2D eigenvalue weighted by molar-refractivity contribution is 0.460. The summed E-state index contributed by atoms with van der Waals surface area (Å²) in [6, 6.07) is 9.99. The Balaban J connectivity index is 1.81. The highest BCUT2D eigenvalue weighted by molar-refractivity contribution is 6.35. The number of aromatic amines is 2. The summed E-state index contributed by atoms with van der Waals surface area (Å²) in [4.78, 5) is 15.4. The molecule has 3 heterocycles. The van der Waals surface area contributed by atoms with Crippen LogP contribution in [0.25, 0.3) is 32.9 Å². The Bertz CT molecular complexity index is 1250. The summed E-state index contributed by atoms with van der Waals surface area (Å²) in [6.45, 7) is 2.05. The zero-order valence-electron chi connectivity index (χ0n) is 15.2. The van der Waals surface area contributed by atoms with Crippen molar-refractivity contribution in [1.82, 2.24) is 20.5 Å². The van der Waals surface area contributed by atoms with Crippen LogP contribution in [-0.2, 0) is 0 Å². The summed E-state index contributed by atoms with van der Waals surface area (Å²) in [5.74, 6) is 0.505. The number of piperidine rings is 1. The Kier molecular flexibility index (Phi) is 4.10. The van der Waals surface area contributed by atoms with Crippen molar-refractivity contribution < 1.29 is 0 Å². The van der Waals surface area contributed by atoms with E-state index in [1.54, 1.807) is 12.3 Å². The van der Waals surface area contributed by atoms with Crippen LogP contribution in [0.5, 0.6) is 0 Å². The lowest BCUT2D eigenvalue weighted by atomic mass is 9.88. The van der Waals surface area contributed by atoms with Crippen molar-refractivity contribution in [3.05, 3.63) is 57.5 Å². The molecule has 0 radical (unpaired) electrons. The molecule has 1 fully saturated rings. The van der Waals surface area contributed by atoms with Crippen LogP contribution in [0.2, 0.25) is 5.02 Å². The molecule has 1 aliphatic heterocycles. The quantitative estimate of drug-likeness (QED) is 0.416. The van der Waals surface area contributed by atoms with Crippen LogP contribution in [-0.4, -0.2) is 28.3 Å². The molecule has 1 saturated heterocycles. The summed E-state index contributed by atoms with van der Waals surface area (Å²) >= 11 is 6.30. The number of hydrogen-bond acceptors (Lipinski definition) is 4. The zero-order chi connectivity index (χ0) is 19.3. The Morgan fingerprint density at radius 3 is 2.75 bits per heavy atom. The van der Waals surface area contributed by atoms with Gasteiger partial charge in [-0.25, -0.2) is 0 Å². The van der Waals surface area contributed by atoms with E-state index >= 15 is 0 Å². The molecule has 5 N–H and O–H groups in total. The van der Waals surface area contributed by atoms with Crippen molar-refractivity contribution in [2.45, 2.75) is 18.8 Å². The molecule has 0 spiro atoms. The number of nitrogens with two attached hydrogens (primary N) is 1. The predicted octanol–water partition coefficient (Wildman–Crippen LogP) is 3.77. The predicted molar refractivity (Wildman–Crippen MR) is 114 cm³/mol. The van der Waals surface area contributed by atoms with Gasteiger partial charge in [0.25, 0.3) is 5.56 Å². The second-order valence-electron chi connectivity index (χ2n) is 7.33. The van der Waals surface area contributed by atoms with Crippen LogP contribution in [0.3, 0.4) is 0 Å². The number of nitrogen functional groups attached to an aromatic ring is 1. The molecular weight excluding hydrogens is 374 g/mol. The summed E-state index contributed by atoms with van der Waals surface area (Å²) in [6.07, 6.45) is 3.93. The highest BCUT2D eigenvalue weighted by Gasteiger charge is 2.20. The van der Waals surface area contributed by atoms with Gasteiger partial charge in [-0.3, -0.25) is 9.89 Å². The molecule has 1 aliphatic rings. The standard InChI is InChI=1S/C21H20ClN5O/c22-16-3-2-13(15-10-25-27-20(15)16)18-14-9-12(11-5-7-24-8-6-11)1-4-17(14)26-21(28)19(18)23/h1-4,9-11,24H,5-8,23H2,(H,25,27)(H,26,28). The van der Waals surface area contributed by atoms with E-state index in [1.165, 1.54) is 5.56 Å². The molecule has 28 heavy (non-hydrogen) atoms. The lowest BCUT2D eigenvalue weighted by Crippen LogP contribution is -2.26. The van der Waals surface area contributed by atoms with E-state index in [0.717, 1.165) is 58.9 Å². The molecule has 2 aromatic heterocycles. The smallest absolute Gasteiger partial charge is 0.272 e. The normalized spacial score (nSPS) is 15.5. The first-order valence-electron chi connectivity index (χ1n) is 9.41. The van der Waals surface area contributed by atoms with E-state index in [4.69, 9.17) is 17.3 Å². The van der Waals surface area contributed by atoms with E-state index in [-0.39, 0.29) is 11.2 Å². The van der Waals surface area contributed by atoms with E-state index < -0.39 is 0 Å². The van der Waals surface area contributed by atoms with Gasteiger partial charge in [-0.2, -0.15) is 5.10 Å². The van der Waals surface area contributed by atoms with Crippen molar-refractivity contribution in [2.24, 2.45) is 0 Å². The summed E-state index contributed by atoms with van der Waals surface area (Å²) in [5, 5.41) is 12.8. The van der Waals surface area contributed by atoms with Gasteiger partial charge in [-0.15, -0.1) is 0 Å². The van der Waals surface area contributed by atoms with Crippen LogP contribution in [0.4, 0.5) is 5.69 Å². The maximum atomic E-state index is 12.5. The Morgan fingerprint density at radius 2 is 1.93 bits per heavy atom. The molecule has 6 nitrogen and oxygen atoms in total. The minimum Gasteiger partial charge on any atom is -0.394 e. The first-order valence-corrected chi connectivity index (χ1v) is 9.79. The molecule has 4 aromatic rings. The number of H-pyrrole nitrogens is 2. The Hall–Kier alpha value is -2.83. The lowest BCUT2D eigenvalue weighted by Gasteiger charge is -2.23. The van der Waals surface area contributed by atoms with Crippen molar-refractivity contribution >= 4 is 39.1 Å². The third-order valence-corrected chi connectivity index (χ3v) is 6.03. The summed E-state index contributed by atoms with van der Waals surface area (Å²) in [7, 11) is 0. The third kappa shape index (κ3) is 2.68. The number of halogens is 1. The van der Waals surface area contributed by atoms with Crippen molar-refractivity contribution in [1.29, 1.82) is 0 Å². The number of fused-ring (bicyclic) bond motifs is 2. The van der Waals surface area contributed by atoms with Gasteiger partial charge in [0, 0.05) is 21.9 Å². The second kappa shape index (κ2) is 6.65. The van der Waals surface area contributed by atoms with Gasteiger partial charge in [0.15, 0.2) is 0 Å². The average molecular weight is 394 g/mol. The van der Waals surface area contributed by atoms with Crippen LogP contribution in [0.15, 0.2) is 41.3 Å². The van der Waals surface area contributed by atoms with Crippen LogP contribution >= 0.6 is 11.6 Å². The molecule has 0 amide bonds. The first-order chi connectivity index (χ1) is 13.6. The van der Waals surface area contributed by atoms with E-state index in [2.05, 4.69) is 32.6 Å². The highest BCUT2D eigenvalue weighted by Crippen LogP contribution is 2.38. The topological polar surface area (TPSA) is 99.6 Å². The Morgan fingerprint density at radius 1 is 1.11 bits per heavy atom. The maximum absolute atomic E-state index is 12.5. The molecule has 0 atom stereocenters. The molecule has 7 heteroatoms. The minimum absolute atomic E-state index is 0.208. The van der Waals surface area contributed by atoms with Crippen molar-refractivity contribution in [3.8, 4) is 11.1 Å². The molecule has 0 unspecified atom stereocenters. The van der Waals surface area contributed by atoms with Crippen LogP contribution < -0.4 is 16.6 Å². The minimum atomic E-state index is -0.288. The van der Waals surface area contributed by atoms with Gasteiger partial charge in [-0.05, 0) is 61.2 Å². The zero-order valence-corrected chi connectivity index (χ0v) is 15.9. The van der Waals surface area contributed by atoms with Gasteiger partial charge < -0.3 is 16.0 Å². The molecule has 0 aliphatic carbocycles. The fourth-order valence-electron chi connectivity index (χ4n) is 4.25. The molecule has 2 aromatic carbocycles. The number of nitrogens with one attached hydrogen (secondary N) is 3. The fourth-order valence-corrected chi connectivity index (χ4v) is 4.45. The van der Waals surface area contributed by atoms with Crippen molar-refractivity contribution in [3.63, 3.8) is 0 Å². The number of aromatic nitrogens is 3. The van der Waals surface area contributed by atoms with Gasteiger partial charge in [0.05, 0.1) is 16.7 Å². The number of hydrogen-bond donors (Lipinski definition) is 4. The fraction of sp³-hybridized carbons (Fsp3) is 0.238. The molecule has 0 bridgehead atoms.